The van der Waals surface area contributed by atoms with Crippen LogP contribution in [0.3, 0.4) is 0 Å². The number of allylic oxidation sites excluding steroid dienone is 3. The Bertz CT molecular complexity index is 639. The molecule has 0 amide bonds. The summed E-state index contributed by atoms with van der Waals surface area (Å²) >= 11 is 0. The number of likely N-dealkylation sites (N-methyl/N-ethyl adjacent to an activating group) is 1. The molecule has 2 rings (SSSR count). The first-order chi connectivity index (χ1) is 11.2. The van der Waals surface area contributed by atoms with Gasteiger partial charge in [-0.15, -0.1) is 0 Å². The van der Waals surface area contributed by atoms with Gasteiger partial charge in [-0.25, -0.2) is 4.21 Å². The minimum Gasteiger partial charge on any atom is -0.355 e. The van der Waals surface area contributed by atoms with E-state index in [2.05, 4.69) is 0 Å². The molecule has 3 nitrogen and oxygen atoms in total. The molecule has 2 unspecified atom stereocenters. The van der Waals surface area contributed by atoms with Crippen LogP contribution in [0.25, 0.3) is 0 Å². The highest BCUT2D eigenvalue weighted by molar-refractivity contribution is 7.82. The summed E-state index contributed by atoms with van der Waals surface area (Å²) in [5, 5.41) is 0. The summed E-state index contributed by atoms with van der Waals surface area (Å²) in [6, 6.07) is 0. The summed E-state index contributed by atoms with van der Waals surface area (Å²) < 4.78 is 119. The average molecular weight is 398 g/mol. The van der Waals surface area contributed by atoms with Gasteiger partial charge in [-0.3, -0.25) is 4.31 Å². The van der Waals surface area contributed by atoms with Crippen molar-refractivity contribution >= 4 is 11.0 Å². The van der Waals surface area contributed by atoms with E-state index >= 15 is 0 Å². The van der Waals surface area contributed by atoms with Gasteiger partial charge in [0.05, 0.1) is 11.4 Å². The number of rotatable bonds is 3. The van der Waals surface area contributed by atoms with Crippen molar-refractivity contribution in [1.82, 2.24) is 9.21 Å². The fourth-order valence-electron chi connectivity index (χ4n) is 2.83. The summed E-state index contributed by atoms with van der Waals surface area (Å²) in [7, 11) is -0.431. The molecule has 0 aromatic heterocycles. The standard InChI is InChI=1S/C13H14F8N2OS/c1-3-25(24)23-7-22(2)8-4-5-10(6-9(8)23,12(16,17)18)11(14,15)13(19,20)21/h4-5H,3,6-7H2,1-2H3. The molecule has 1 aliphatic carbocycles. The average Bonchev–Trinajstić information content (AvgIpc) is 2.80. The van der Waals surface area contributed by atoms with Gasteiger partial charge in [0.2, 0.25) is 0 Å². The van der Waals surface area contributed by atoms with Crippen molar-refractivity contribution in [2.45, 2.75) is 31.6 Å². The fourth-order valence-corrected chi connectivity index (χ4v) is 3.85. The van der Waals surface area contributed by atoms with Crippen molar-refractivity contribution in [3.63, 3.8) is 0 Å². The predicted octanol–water partition coefficient (Wildman–Crippen LogP) is 3.79. The van der Waals surface area contributed by atoms with Gasteiger partial charge in [-0.1, -0.05) is 13.0 Å². The Morgan fingerprint density at radius 2 is 1.72 bits per heavy atom. The van der Waals surface area contributed by atoms with E-state index in [1.165, 1.54) is 18.9 Å². The van der Waals surface area contributed by atoms with Gasteiger partial charge in [0.1, 0.15) is 17.7 Å². The number of nitrogens with zero attached hydrogens (tertiary/aromatic N) is 2. The zero-order valence-corrected chi connectivity index (χ0v) is 13.8. The Morgan fingerprint density at radius 1 is 1.16 bits per heavy atom. The molecule has 1 aliphatic heterocycles. The molecule has 0 spiro atoms. The van der Waals surface area contributed by atoms with E-state index in [0.29, 0.717) is 6.08 Å². The summed E-state index contributed by atoms with van der Waals surface area (Å²) in [5.41, 5.74) is -4.86. The van der Waals surface area contributed by atoms with Crippen LogP contribution in [0.5, 0.6) is 0 Å². The van der Waals surface area contributed by atoms with Gasteiger partial charge < -0.3 is 4.90 Å². The molecule has 2 atom stereocenters. The van der Waals surface area contributed by atoms with Crippen LogP contribution in [0.15, 0.2) is 23.5 Å². The van der Waals surface area contributed by atoms with Gasteiger partial charge >= 0.3 is 18.3 Å². The lowest BCUT2D eigenvalue weighted by Crippen LogP contribution is -2.59. The first-order valence-corrected chi connectivity index (χ1v) is 8.28. The molecule has 144 valence electrons. The second kappa shape index (κ2) is 5.85. The molecular formula is C13H14F8N2OS. The van der Waals surface area contributed by atoms with Crippen molar-refractivity contribution in [2.24, 2.45) is 5.41 Å². The molecule has 0 fully saturated rings. The maximum Gasteiger partial charge on any atom is 0.454 e. The van der Waals surface area contributed by atoms with Crippen LogP contribution in [0, 0.1) is 5.41 Å². The van der Waals surface area contributed by atoms with Crippen molar-refractivity contribution in [3.05, 3.63) is 23.5 Å². The largest absolute Gasteiger partial charge is 0.454 e. The van der Waals surface area contributed by atoms with E-state index < -0.39 is 46.8 Å². The van der Waals surface area contributed by atoms with Crippen molar-refractivity contribution in [2.75, 3.05) is 19.5 Å². The topological polar surface area (TPSA) is 23.6 Å². The van der Waals surface area contributed by atoms with Crippen LogP contribution in [0.2, 0.25) is 0 Å². The molecule has 0 radical (unpaired) electrons. The minimum atomic E-state index is -6.40. The van der Waals surface area contributed by atoms with E-state index in [-0.39, 0.29) is 24.2 Å². The second-order valence-electron chi connectivity index (χ2n) is 5.71. The lowest BCUT2D eigenvalue weighted by molar-refractivity contribution is -0.371. The molecule has 0 saturated heterocycles. The lowest BCUT2D eigenvalue weighted by atomic mass is 9.73. The summed E-state index contributed by atoms with van der Waals surface area (Å²) in [6.45, 7) is 1.29. The molecule has 0 bridgehead atoms. The first-order valence-electron chi connectivity index (χ1n) is 7.00. The molecule has 0 saturated carbocycles. The molecular weight excluding hydrogens is 384 g/mol. The number of halogens is 8. The smallest absolute Gasteiger partial charge is 0.355 e. The second-order valence-corrected chi connectivity index (χ2v) is 7.37. The van der Waals surface area contributed by atoms with Crippen molar-refractivity contribution in [1.29, 1.82) is 0 Å². The third-order valence-corrected chi connectivity index (χ3v) is 5.56. The van der Waals surface area contributed by atoms with Crippen LogP contribution < -0.4 is 0 Å². The highest BCUT2D eigenvalue weighted by atomic mass is 32.2. The monoisotopic (exact) mass is 398 g/mol. The number of hydrogen-bond acceptors (Lipinski definition) is 2. The predicted molar refractivity (Wildman–Crippen MR) is 73.4 cm³/mol. The van der Waals surface area contributed by atoms with Gasteiger partial charge in [0.15, 0.2) is 5.41 Å². The number of alkyl halides is 8. The molecule has 0 aromatic rings. The highest BCUT2D eigenvalue weighted by Gasteiger charge is 2.78. The van der Waals surface area contributed by atoms with E-state index in [0.717, 1.165) is 4.31 Å². The van der Waals surface area contributed by atoms with Gasteiger partial charge in [-0.2, -0.15) is 35.1 Å². The highest BCUT2D eigenvalue weighted by Crippen LogP contribution is 2.61. The van der Waals surface area contributed by atoms with E-state index in [9.17, 15) is 39.3 Å². The first kappa shape index (κ1) is 20.0. The SMILES string of the molecule is CCS(=O)N1CN(C)C2=C1CC(C(F)(F)F)(C(F)(F)C(F)(F)F)C=C2. The van der Waals surface area contributed by atoms with Crippen LogP contribution in [0.4, 0.5) is 35.1 Å². The lowest BCUT2D eigenvalue weighted by Gasteiger charge is -2.42. The third-order valence-electron chi connectivity index (χ3n) is 4.24. The Labute approximate surface area is 140 Å². The summed E-state index contributed by atoms with van der Waals surface area (Å²) in [5.74, 6) is -6.07. The van der Waals surface area contributed by atoms with Crippen LogP contribution >= 0.6 is 0 Å². The molecule has 25 heavy (non-hydrogen) atoms. The maximum atomic E-state index is 13.9. The third kappa shape index (κ3) is 2.81. The fraction of sp³-hybridized carbons (Fsp3) is 0.692. The Hall–Kier alpha value is -1.33. The van der Waals surface area contributed by atoms with Gasteiger partial charge in [-0.05, 0) is 6.08 Å². The van der Waals surface area contributed by atoms with Crippen LogP contribution in [-0.4, -0.2) is 51.2 Å². The molecule has 1 heterocycles. The molecule has 2 aliphatic rings. The quantitative estimate of drug-likeness (QED) is 0.676. The van der Waals surface area contributed by atoms with Crippen molar-refractivity contribution in [3.8, 4) is 0 Å². The van der Waals surface area contributed by atoms with Crippen LogP contribution in [0.1, 0.15) is 13.3 Å². The maximum absolute atomic E-state index is 13.9. The Morgan fingerprint density at radius 3 is 2.16 bits per heavy atom. The van der Waals surface area contributed by atoms with Crippen molar-refractivity contribution < 1.29 is 39.3 Å². The number of hydrogen-bond donors (Lipinski definition) is 0. The zero-order valence-electron chi connectivity index (χ0n) is 13.0. The minimum absolute atomic E-state index is 0.0248. The zero-order chi connectivity index (χ0) is 19.4. The van der Waals surface area contributed by atoms with Gasteiger partial charge in [0.25, 0.3) is 0 Å². The Kier molecular flexibility index (Phi) is 4.67. The Balaban J connectivity index is 2.60. The molecule has 0 aromatic carbocycles. The summed E-state index contributed by atoms with van der Waals surface area (Å²) in [6.07, 6.45) is -13.5. The molecule has 0 N–H and O–H groups in total. The van der Waals surface area contributed by atoms with Gasteiger partial charge in [0, 0.05) is 19.2 Å². The molecule has 12 heteroatoms. The van der Waals surface area contributed by atoms with E-state index in [1.807, 2.05) is 0 Å². The van der Waals surface area contributed by atoms with E-state index in [1.54, 1.807) is 0 Å². The van der Waals surface area contributed by atoms with E-state index in [4.69, 9.17) is 0 Å². The summed E-state index contributed by atoms with van der Waals surface area (Å²) in [4.78, 5) is 1.34. The van der Waals surface area contributed by atoms with Crippen LogP contribution in [-0.2, 0) is 11.0 Å². The normalized spacial score (nSPS) is 26.3.